The Bertz CT molecular complexity index is 344. The summed E-state index contributed by atoms with van der Waals surface area (Å²) < 4.78 is 10.7. The molecule has 1 heterocycles. The number of carbonyl (C=O) groups excluding carboxylic acids is 2. The molecule has 1 saturated heterocycles. The van der Waals surface area contributed by atoms with Crippen LogP contribution in [0.4, 0.5) is 0 Å². The smallest absolute Gasteiger partial charge is 0.348 e. The molecule has 0 amide bonds. The highest BCUT2D eigenvalue weighted by Gasteiger charge is 2.37. The summed E-state index contributed by atoms with van der Waals surface area (Å²) in [6.07, 6.45) is 16.4. The van der Waals surface area contributed by atoms with Crippen molar-refractivity contribution in [2.75, 3.05) is 0 Å². The minimum atomic E-state index is -0.677. The minimum absolute atomic E-state index is 0.344. The van der Waals surface area contributed by atoms with E-state index in [0.29, 0.717) is 12.8 Å². The van der Waals surface area contributed by atoms with E-state index >= 15 is 0 Å². The number of hydrogen-bond donors (Lipinski definition) is 0. The van der Waals surface area contributed by atoms with Crippen LogP contribution in [0.5, 0.6) is 0 Å². The molecule has 0 aromatic carbocycles. The van der Waals surface area contributed by atoms with E-state index in [1.54, 1.807) is 0 Å². The summed E-state index contributed by atoms with van der Waals surface area (Å²) in [5, 5.41) is 0. The lowest BCUT2D eigenvalue weighted by Crippen LogP contribution is -2.43. The van der Waals surface area contributed by atoms with E-state index < -0.39 is 12.2 Å². The van der Waals surface area contributed by atoms with Gasteiger partial charge in [0.25, 0.3) is 0 Å². The molecule has 1 aliphatic rings. The zero-order chi connectivity index (χ0) is 19.0. The molecule has 4 nitrogen and oxygen atoms in total. The second-order valence-electron chi connectivity index (χ2n) is 7.67. The van der Waals surface area contributed by atoms with Crippen molar-refractivity contribution in [1.29, 1.82) is 0 Å². The normalized spacial score (nSPS) is 20.1. The number of hydrogen-bond acceptors (Lipinski definition) is 4. The van der Waals surface area contributed by atoms with Crippen LogP contribution in [-0.4, -0.2) is 24.1 Å². The maximum absolute atomic E-state index is 12.1. The summed E-state index contributed by atoms with van der Waals surface area (Å²) in [7, 11) is 0. The van der Waals surface area contributed by atoms with Gasteiger partial charge in [-0.1, -0.05) is 90.9 Å². The fourth-order valence-corrected chi connectivity index (χ4v) is 3.46. The lowest BCUT2D eigenvalue weighted by atomic mass is 10.0. The molecule has 0 spiro atoms. The van der Waals surface area contributed by atoms with Gasteiger partial charge >= 0.3 is 11.9 Å². The van der Waals surface area contributed by atoms with Gasteiger partial charge in [0.15, 0.2) is 12.2 Å². The van der Waals surface area contributed by atoms with Crippen molar-refractivity contribution in [2.45, 2.75) is 129 Å². The fraction of sp³-hybridized carbons (Fsp3) is 0.909. The molecule has 0 saturated carbocycles. The molecule has 0 aromatic rings. The Balaban J connectivity index is 2.09. The predicted octanol–water partition coefficient (Wildman–Crippen LogP) is 6.11. The van der Waals surface area contributed by atoms with Crippen LogP contribution in [0, 0.1) is 0 Å². The van der Waals surface area contributed by atoms with Gasteiger partial charge in [0.2, 0.25) is 0 Å². The first-order chi connectivity index (χ1) is 12.7. The second kappa shape index (κ2) is 15.0. The van der Waals surface area contributed by atoms with E-state index in [4.69, 9.17) is 9.47 Å². The van der Waals surface area contributed by atoms with Gasteiger partial charge in [0.05, 0.1) is 0 Å². The lowest BCUT2D eigenvalue weighted by Gasteiger charge is -2.27. The molecule has 2 unspecified atom stereocenters. The lowest BCUT2D eigenvalue weighted by molar-refractivity contribution is -0.196. The van der Waals surface area contributed by atoms with Gasteiger partial charge < -0.3 is 9.47 Å². The van der Waals surface area contributed by atoms with E-state index in [0.717, 1.165) is 25.7 Å². The summed E-state index contributed by atoms with van der Waals surface area (Å²) in [6.45, 7) is 4.42. The summed E-state index contributed by atoms with van der Waals surface area (Å²) in [4.78, 5) is 24.1. The molecule has 26 heavy (non-hydrogen) atoms. The van der Waals surface area contributed by atoms with Crippen LogP contribution in [-0.2, 0) is 19.1 Å². The average molecular weight is 369 g/mol. The molecule has 4 heteroatoms. The summed E-state index contributed by atoms with van der Waals surface area (Å²) in [6, 6.07) is 0. The quantitative estimate of drug-likeness (QED) is 0.244. The second-order valence-corrected chi connectivity index (χ2v) is 7.67. The molecule has 0 bridgehead atoms. The van der Waals surface area contributed by atoms with Crippen LogP contribution in [0.2, 0.25) is 0 Å². The Hall–Kier alpha value is -1.06. The van der Waals surface area contributed by atoms with Crippen LogP contribution < -0.4 is 0 Å². The summed E-state index contributed by atoms with van der Waals surface area (Å²) in [5.41, 5.74) is 0. The topological polar surface area (TPSA) is 52.6 Å². The Morgan fingerprint density at radius 1 is 0.538 bits per heavy atom. The number of unbranched alkanes of at least 4 members (excludes halogenated alkanes) is 12. The Kier molecular flexibility index (Phi) is 13.3. The molecule has 1 fully saturated rings. The summed E-state index contributed by atoms with van der Waals surface area (Å²) >= 11 is 0. The van der Waals surface area contributed by atoms with Crippen LogP contribution in [0.25, 0.3) is 0 Å². The highest BCUT2D eigenvalue weighted by atomic mass is 16.6. The third kappa shape index (κ3) is 10.2. The molecule has 152 valence electrons. The number of rotatable bonds is 16. The standard InChI is InChI=1S/C22H40O4/c1-3-5-7-9-11-13-15-17-19-21(23)26-20(22(24)25-19)18-16-14-12-10-8-6-4-2/h19-20H,3-18H2,1-2H3. The zero-order valence-electron chi connectivity index (χ0n) is 17.1. The number of ether oxygens (including phenoxy) is 2. The van der Waals surface area contributed by atoms with Crippen molar-refractivity contribution in [2.24, 2.45) is 0 Å². The first kappa shape index (κ1) is 23.0. The Morgan fingerprint density at radius 3 is 1.19 bits per heavy atom. The Labute approximate surface area is 160 Å². The highest BCUT2D eigenvalue weighted by molar-refractivity contribution is 5.87. The van der Waals surface area contributed by atoms with Gasteiger partial charge in [0, 0.05) is 0 Å². The third-order valence-corrected chi connectivity index (χ3v) is 5.18. The molecular weight excluding hydrogens is 328 g/mol. The zero-order valence-corrected chi connectivity index (χ0v) is 17.1. The molecule has 2 atom stereocenters. The molecular formula is C22H40O4. The van der Waals surface area contributed by atoms with E-state index in [1.807, 2.05) is 0 Å². The van der Waals surface area contributed by atoms with Gasteiger partial charge in [-0.15, -0.1) is 0 Å². The fourth-order valence-electron chi connectivity index (χ4n) is 3.46. The Morgan fingerprint density at radius 2 is 0.846 bits per heavy atom. The highest BCUT2D eigenvalue weighted by Crippen LogP contribution is 2.21. The number of esters is 2. The van der Waals surface area contributed by atoms with E-state index in [2.05, 4.69) is 13.8 Å². The predicted molar refractivity (Wildman–Crippen MR) is 105 cm³/mol. The minimum Gasteiger partial charge on any atom is -0.448 e. The van der Waals surface area contributed by atoms with Crippen molar-refractivity contribution in [3.8, 4) is 0 Å². The SMILES string of the molecule is CCCCCCCCCC1OC(=O)C(CCCCCCCCC)OC1=O. The first-order valence-corrected chi connectivity index (χ1v) is 11.1. The van der Waals surface area contributed by atoms with Crippen molar-refractivity contribution < 1.29 is 19.1 Å². The maximum Gasteiger partial charge on any atom is 0.348 e. The largest absolute Gasteiger partial charge is 0.448 e. The van der Waals surface area contributed by atoms with Crippen molar-refractivity contribution in [3.05, 3.63) is 0 Å². The van der Waals surface area contributed by atoms with Crippen molar-refractivity contribution in [1.82, 2.24) is 0 Å². The van der Waals surface area contributed by atoms with Gasteiger partial charge in [0.1, 0.15) is 0 Å². The van der Waals surface area contributed by atoms with E-state index in [-0.39, 0.29) is 11.9 Å². The number of cyclic esters (lactones) is 2. The molecule has 1 rings (SSSR count). The van der Waals surface area contributed by atoms with E-state index in [1.165, 1.54) is 64.2 Å². The monoisotopic (exact) mass is 368 g/mol. The maximum atomic E-state index is 12.1. The van der Waals surface area contributed by atoms with Crippen LogP contribution in [0.3, 0.4) is 0 Å². The first-order valence-electron chi connectivity index (χ1n) is 11.1. The van der Waals surface area contributed by atoms with Crippen LogP contribution >= 0.6 is 0 Å². The van der Waals surface area contributed by atoms with Gasteiger partial charge in [-0.25, -0.2) is 9.59 Å². The van der Waals surface area contributed by atoms with E-state index in [9.17, 15) is 9.59 Å². The molecule has 0 aromatic heterocycles. The van der Waals surface area contributed by atoms with Crippen LogP contribution in [0.15, 0.2) is 0 Å². The van der Waals surface area contributed by atoms with Gasteiger partial charge in [-0.3, -0.25) is 0 Å². The third-order valence-electron chi connectivity index (χ3n) is 5.18. The van der Waals surface area contributed by atoms with Crippen molar-refractivity contribution >= 4 is 11.9 Å². The van der Waals surface area contributed by atoms with Gasteiger partial charge in [-0.05, 0) is 25.7 Å². The van der Waals surface area contributed by atoms with Gasteiger partial charge in [-0.2, -0.15) is 0 Å². The van der Waals surface area contributed by atoms with Crippen LogP contribution in [0.1, 0.15) is 117 Å². The number of carbonyl (C=O) groups is 2. The average Bonchev–Trinajstić information content (AvgIpc) is 2.63. The molecule has 0 N–H and O–H groups in total. The van der Waals surface area contributed by atoms with Crippen molar-refractivity contribution in [3.63, 3.8) is 0 Å². The molecule has 0 aliphatic carbocycles. The summed E-state index contributed by atoms with van der Waals surface area (Å²) in [5.74, 6) is -0.688. The molecule has 0 radical (unpaired) electrons. The molecule has 1 aliphatic heterocycles.